The molecule has 3 N–H and O–H groups in total. The molecule has 5 nitrogen and oxygen atoms in total. The number of alkyl halides is 3. The minimum Gasteiger partial charge on any atom is -0.505 e. The van der Waals surface area contributed by atoms with E-state index in [9.17, 15) is 27.8 Å². The van der Waals surface area contributed by atoms with Crippen molar-refractivity contribution in [1.82, 2.24) is 9.97 Å². The van der Waals surface area contributed by atoms with Crippen LogP contribution in [0.15, 0.2) is 36.5 Å². The smallest absolute Gasteiger partial charge is 0.419 e. The first-order valence-corrected chi connectivity index (χ1v) is 10.4. The number of hydrogen-bond acceptors (Lipinski definition) is 5. The normalized spacial score (nSPS) is 23.2. The van der Waals surface area contributed by atoms with Crippen molar-refractivity contribution < 1.29 is 27.8 Å². The van der Waals surface area contributed by atoms with Gasteiger partial charge < -0.3 is 15.5 Å². The molecule has 4 rings (SSSR count). The highest BCUT2D eigenvalue weighted by Gasteiger charge is 2.62. The molecule has 0 unspecified atom stereocenters. The molecule has 0 fully saturated rings. The zero-order chi connectivity index (χ0) is 23.3. The number of aliphatic hydroxyl groups is 1. The molecule has 1 aliphatic carbocycles. The summed E-state index contributed by atoms with van der Waals surface area (Å²) >= 11 is 0. The Bertz CT molecular complexity index is 1170. The number of fused-ring (bicyclic) bond motifs is 2. The minimum atomic E-state index is -4.98. The maximum absolute atomic E-state index is 14.2. The topological polar surface area (TPSA) is 78.3 Å². The van der Waals surface area contributed by atoms with Gasteiger partial charge in [-0.1, -0.05) is 26.0 Å². The van der Waals surface area contributed by atoms with E-state index in [-0.39, 0.29) is 17.5 Å². The van der Waals surface area contributed by atoms with Crippen LogP contribution in [0.25, 0.3) is 10.9 Å². The van der Waals surface area contributed by atoms with Gasteiger partial charge in [0, 0.05) is 29.3 Å². The summed E-state index contributed by atoms with van der Waals surface area (Å²) in [5.41, 5.74) is -2.21. The second-order valence-electron chi connectivity index (χ2n) is 8.09. The maximum Gasteiger partial charge on any atom is 0.419 e. The molecule has 3 aromatic rings. The van der Waals surface area contributed by atoms with E-state index in [1.165, 1.54) is 12.3 Å². The van der Waals surface area contributed by atoms with E-state index in [0.717, 1.165) is 6.07 Å². The number of aromatic hydroxyl groups is 1. The van der Waals surface area contributed by atoms with E-state index in [4.69, 9.17) is 0 Å². The lowest BCUT2D eigenvalue weighted by Gasteiger charge is -2.45. The summed E-state index contributed by atoms with van der Waals surface area (Å²) < 4.78 is 56.8. The van der Waals surface area contributed by atoms with Gasteiger partial charge in [-0.25, -0.2) is 14.4 Å². The molecule has 1 heterocycles. The SMILES string of the molecule is CCc1ncc2c(N[C@H]3c4ccc(F)c(O)c4[C@H](CC)C[C@]3(O)C(F)(F)F)cccc2n1. The second-order valence-corrected chi connectivity index (χ2v) is 8.09. The van der Waals surface area contributed by atoms with Crippen LogP contribution in [0.2, 0.25) is 0 Å². The Morgan fingerprint density at radius 1 is 1.19 bits per heavy atom. The number of aromatic nitrogens is 2. The van der Waals surface area contributed by atoms with Crippen LogP contribution in [0.5, 0.6) is 5.75 Å². The summed E-state index contributed by atoms with van der Waals surface area (Å²) in [7, 11) is 0. The molecule has 0 radical (unpaired) electrons. The molecule has 2 aromatic carbocycles. The number of phenolic OH excluding ortho intramolecular Hbond substituents is 1. The number of aryl methyl sites for hydroxylation is 1. The van der Waals surface area contributed by atoms with Crippen molar-refractivity contribution in [2.24, 2.45) is 0 Å². The molecule has 0 saturated carbocycles. The van der Waals surface area contributed by atoms with Gasteiger partial charge in [-0.15, -0.1) is 0 Å². The van der Waals surface area contributed by atoms with Gasteiger partial charge in [0.2, 0.25) is 0 Å². The monoisotopic (exact) mass is 449 g/mol. The van der Waals surface area contributed by atoms with Gasteiger partial charge in [-0.05, 0) is 42.5 Å². The Morgan fingerprint density at radius 2 is 1.94 bits per heavy atom. The Hall–Kier alpha value is -2.94. The average Bonchev–Trinajstić information content (AvgIpc) is 2.76. The predicted molar refractivity (Wildman–Crippen MR) is 112 cm³/mol. The van der Waals surface area contributed by atoms with Crippen LogP contribution in [-0.4, -0.2) is 32.0 Å². The zero-order valence-corrected chi connectivity index (χ0v) is 17.5. The summed E-state index contributed by atoms with van der Waals surface area (Å²) in [6.45, 7) is 3.53. The van der Waals surface area contributed by atoms with Gasteiger partial charge in [0.25, 0.3) is 0 Å². The number of nitrogens with one attached hydrogen (secondary N) is 1. The number of phenols is 1. The van der Waals surface area contributed by atoms with Crippen molar-refractivity contribution in [2.45, 2.75) is 56.8 Å². The number of halogens is 4. The Kier molecular flexibility index (Phi) is 5.48. The molecule has 0 saturated heterocycles. The molecule has 32 heavy (non-hydrogen) atoms. The van der Waals surface area contributed by atoms with Crippen LogP contribution in [0, 0.1) is 5.82 Å². The van der Waals surface area contributed by atoms with Crippen molar-refractivity contribution in [3.8, 4) is 5.75 Å². The van der Waals surface area contributed by atoms with Crippen LogP contribution < -0.4 is 5.32 Å². The van der Waals surface area contributed by atoms with Crippen molar-refractivity contribution in [3.63, 3.8) is 0 Å². The van der Waals surface area contributed by atoms with Crippen LogP contribution in [0.1, 0.15) is 55.6 Å². The third-order valence-electron chi connectivity index (χ3n) is 6.23. The highest BCUT2D eigenvalue weighted by Crippen LogP contribution is 2.55. The number of hydrogen-bond donors (Lipinski definition) is 3. The maximum atomic E-state index is 14.2. The summed E-state index contributed by atoms with van der Waals surface area (Å²) in [6.07, 6.45) is -3.37. The quantitative estimate of drug-likeness (QED) is 0.466. The van der Waals surface area contributed by atoms with E-state index in [2.05, 4.69) is 15.3 Å². The summed E-state index contributed by atoms with van der Waals surface area (Å²) in [5.74, 6) is -1.87. The standard InChI is InChI=1S/C23H23F4N3O2/c1-3-12-10-22(32,23(25,26)27)21(13-8-9-15(24)20(31)19(12)13)30-17-7-5-6-16-14(17)11-28-18(4-2)29-16/h5-9,11-12,21,30-32H,3-4,10H2,1-2H3/t12-,21+,22-/m1/s1. The fourth-order valence-electron chi connectivity index (χ4n) is 4.50. The lowest BCUT2D eigenvalue weighted by Crippen LogP contribution is -2.55. The Morgan fingerprint density at radius 3 is 2.59 bits per heavy atom. The van der Waals surface area contributed by atoms with Gasteiger partial charge >= 0.3 is 6.18 Å². The average molecular weight is 449 g/mol. The zero-order valence-electron chi connectivity index (χ0n) is 17.5. The van der Waals surface area contributed by atoms with Gasteiger partial charge in [-0.3, -0.25) is 0 Å². The Labute approximate surface area is 182 Å². The molecule has 170 valence electrons. The fourth-order valence-corrected chi connectivity index (χ4v) is 4.50. The fraction of sp³-hybridized carbons (Fsp3) is 0.391. The minimum absolute atomic E-state index is 0.00456. The largest absolute Gasteiger partial charge is 0.505 e. The van der Waals surface area contributed by atoms with E-state index in [1.807, 2.05) is 6.92 Å². The van der Waals surface area contributed by atoms with Crippen molar-refractivity contribution in [1.29, 1.82) is 0 Å². The van der Waals surface area contributed by atoms with Gasteiger partial charge in [-0.2, -0.15) is 13.2 Å². The lowest BCUT2D eigenvalue weighted by molar-refractivity contribution is -0.272. The van der Waals surface area contributed by atoms with Crippen molar-refractivity contribution >= 4 is 16.6 Å². The molecule has 3 atom stereocenters. The second kappa shape index (κ2) is 7.88. The van der Waals surface area contributed by atoms with E-state index in [0.29, 0.717) is 28.8 Å². The summed E-state index contributed by atoms with van der Waals surface area (Å²) in [6, 6.07) is 5.37. The van der Waals surface area contributed by atoms with Crippen LogP contribution in [0.3, 0.4) is 0 Å². The highest BCUT2D eigenvalue weighted by atomic mass is 19.4. The first-order valence-electron chi connectivity index (χ1n) is 10.4. The molecule has 9 heteroatoms. The van der Waals surface area contributed by atoms with Crippen LogP contribution in [0.4, 0.5) is 23.2 Å². The Balaban J connectivity index is 1.91. The van der Waals surface area contributed by atoms with Crippen LogP contribution >= 0.6 is 0 Å². The molecule has 1 aliphatic rings. The first kappa shape index (κ1) is 22.3. The molecule has 0 aliphatic heterocycles. The summed E-state index contributed by atoms with van der Waals surface area (Å²) in [5, 5.41) is 24.7. The predicted octanol–water partition coefficient (Wildman–Crippen LogP) is 5.38. The van der Waals surface area contributed by atoms with Gasteiger partial charge in [0.1, 0.15) is 5.82 Å². The van der Waals surface area contributed by atoms with Gasteiger partial charge in [0.15, 0.2) is 17.2 Å². The van der Waals surface area contributed by atoms with Gasteiger partial charge in [0.05, 0.1) is 11.6 Å². The lowest BCUT2D eigenvalue weighted by atomic mass is 9.69. The molecule has 0 spiro atoms. The molecule has 0 amide bonds. The number of nitrogens with zero attached hydrogens (tertiary/aromatic N) is 2. The third-order valence-corrected chi connectivity index (χ3v) is 6.23. The molecular formula is C23H23F4N3O2. The first-order chi connectivity index (χ1) is 15.1. The summed E-state index contributed by atoms with van der Waals surface area (Å²) in [4.78, 5) is 8.64. The van der Waals surface area contributed by atoms with E-state index < -0.39 is 41.7 Å². The molecule has 1 aromatic heterocycles. The molecular weight excluding hydrogens is 426 g/mol. The number of benzene rings is 2. The van der Waals surface area contributed by atoms with Crippen molar-refractivity contribution in [3.05, 3.63) is 59.3 Å². The molecule has 0 bridgehead atoms. The van der Waals surface area contributed by atoms with Crippen molar-refractivity contribution in [2.75, 3.05) is 5.32 Å². The highest BCUT2D eigenvalue weighted by molar-refractivity contribution is 5.91. The van der Waals surface area contributed by atoms with E-state index >= 15 is 0 Å². The number of rotatable bonds is 4. The number of anilines is 1. The van der Waals surface area contributed by atoms with Crippen LogP contribution in [-0.2, 0) is 6.42 Å². The third kappa shape index (κ3) is 3.44. The van der Waals surface area contributed by atoms with E-state index in [1.54, 1.807) is 25.1 Å².